The second kappa shape index (κ2) is 7.36. The van der Waals surface area contributed by atoms with Crippen molar-refractivity contribution in [3.8, 4) is 17.2 Å². The number of alkyl halides is 3. The maximum Gasteiger partial charge on any atom is 0.573 e. The molecule has 28 heavy (non-hydrogen) atoms. The van der Waals surface area contributed by atoms with Crippen LogP contribution in [0.4, 0.5) is 13.2 Å². The second-order valence-corrected chi connectivity index (χ2v) is 12.5. The first-order valence-electron chi connectivity index (χ1n) is 8.80. The zero-order valence-electron chi connectivity index (χ0n) is 15.9. The molecule has 0 radical (unpaired) electrons. The average Bonchev–Trinajstić information content (AvgIpc) is 2.88. The number of halogens is 3. The summed E-state index contributed by atoms with van der Waals surface area (Å²) in [5.41, 5.74) is 6.50. The lowest BCUT2D eigenvalue weighted by Crippen LogP contribution is -2.23. The molecule has 1 aliphatic rings. The molecule has 0 aliphatic carbocycles. The molecule has 0 spiro atoms. The maximum absolute atomic E-state index is 12.6. The Morgan fingerprint density at radius 1 is 1.11 bits per heavy atom. The molecular formula is C21H20F3NO2Si. The molecule has 0 aromatic heterocycles. The minimum Gasteiger partial charge on any atom is -0.406 e. The van der Waals surface area contributed by atoms with E-state index in [0.717, 1.165) is 16.7 Å². The predicted octanol–water partition coefficient (Wildman–Crippen LogP) is 4.97. The minimum atomic E-state index is -4.72. The third kappa shape index (κ3) is 5.17. The van der Waals surface area contributed by atoms with Crippen LogP contribution in [0, 0.1) is 11.5 Å². The van der Waals surface area contributed by atoms with E-state index in [4.69, 9.17) is 0 Å². The van der Waals surface area contributed by atoms with Gasteiger partial charge < -0.3 is 9.64 Å². The quantitative estimate of drug-likeness (QED) is 0.535. The molecule has 3 rings (SSSR count). The third-order valence-electron chi connectivity index (χ3n) is 4.10. The summed E-state index contributed by atoms with van der Waals surface area (Å²) in [4.78, 5) is 14.3. The van der Waals surface area contributed by atoms with Gasteiger partial charge in [-0.3, -0.25) is 4.79 Å². The minimum absolute atomic E-state index is 0.0877. The number of amides is 1. The predicted molar refractivity (Wildman–Crippen MR) is 103 cm³/mol. The van der Waals surface area contributed by atoms with Crippen molar-refractivity contribution < 1.29 is 22.7 Å². The molecule has 0 unspecified atom stereocenters. The molecule has 0 fully saturated rings. The normalized spacial score (nSPS) is 13.8. The molecule has 0 saturated carbocycles. The van der Waals surface area contributed by atoms with Crippen LogP contribution in [0.2, 0.25) is 19.6 Å². The van der Waals surface area contributed by atoms with Gasteiger partial charge in [-0.2, -0.15) is 0 Å². The lowest BCUT2D eigenvalue weighted by atomic mass is 10.1. The number of carbonyl (C=O) groups excluding carboxylic acids is 1. The summed E-state index contributed by atoms with van der Waals surface area (Å²) in [6, 6.07) is 11.2. The molecule has 3 nitrogen and oxygen atoms in total. The number of hydrogen-bond acceptors (Lipinski definition) is 2. The van der Waals surface area contributed by atoms with Crippen LogP contribution in [0.15, 0.2) is 42.5 Å². The Labute approximate surface area is 163 Å². The van der Waals surface area contributed by atoms with Crippen molar-refractivity contribution in [2.24, 2.45) is 0 Å². The summed E-state index contributed by atoms with van der Waals surface area (Å²) in [6.07, 6.45) is -4.72. The van der Waals surface area contributed by atoms with Crippen LogP contribution in [0.1, 0.15) is 27.0 Å². The van der Waals surface area contributed by atoms with Gasteiger partial charge in [0.2, 0.25) is 0 Å². The molecule has 0 saturated heterocycles. The zero-order valence-corrected chi connectivity index (χ0v) is 16.9. The number of ether oxygens (including phenoxy) is 1. The number of fused-ring (bicyclic) bond motifs is 1. The Bertz CT molecular complexity index is 951. The first-order chi connectivity index (χ1) is 13.0. The Balaban J connectivity index is 1.71. The standard InChI is InChI=1S/C21H20F3NO2Si/c1-28(2,3)11-10-15-6-9-19-17(12-15)14-25(20(19)26)13-16-4-7-18(8-5-16)27-21(22,23)24/h4-9,12H,13-14H2,1-3H3. The largest absolute Gasteiger partial charge is 0.573 e. The fraction of sp³-hybridized carbons (Fsp3) is 0.286. The van der Waals surface area contributed by atoms with E-state index in [0.29, 0.717) is 18.7 Å². The number of nitrogens with zero attached hydrogens (tertiary/aromatic N) is 1. The van der Waals surface area contributed by atoms with Crippen LogP contribution in [0.5, 0.6) is 5.75 Å². The topological polar surface area (TPSA) is 29.5 Å². The van der Waals surface area contributed by atoms with Gasteiger partial charge >= 0.3 is 6.36 Å². The number of rotatable bonds is 3. The molecule has 7 heteroatoms. The highest BCUT2D eigenvalue weighted by Crippen LogP contribution is 2.27. The summed E-state index contributed by atoms with van der Waals surface area (Å²) in [5, 5.41) is 0. The number of hydrogen-bond donors (Lipinski definition) is 0. The SMILES string of the molecule is C[Si](C)(C)C#Cc1ccc2c(c1)CN(Cc1ccc(OC(F)(F)F)cc1)C2=O. The fourth-order valence-electron chi connectivity index (χ4n) is 2.86. The highest BCUT2D eigenvalue weighted by molar-refractivity contribution is 6.83. The fourth-order valence-corrected chi connectivity index (χ4v) is 3.38. The summed E-state index contributed by atoms with van der Waals surface area (Å²) >= 11 is 0. The van der Waals surface area contributed by atoms with E-state index in [1.165, 1.54) is 24.3 Å². The molecule has 2 aromatic rings. The van der Waals surface area contributed by atoms with Crippen molar-refractivity contribution in [3.05, 3.63) is 64.7 Å². The van der Waals surface area contributed by atoms with Crippen LogP contribution in [0.25, 0.3) is 0 Å². The van der Waals surface area contributed by atoms with Crippen molar-refractivity contribution >= 4 is 14.0 Å². The van der Waals surface area contributed by atoms with Gasteiger partial charge in [0.05, 0.1) is 0 Å². The highest BCUT2D eigenvalue weighted by atomic mass is 28.3. The van der Waals surface area contributed by atoms with E-state index < -0.39 is 14.4 Å². The number of carbonyl (C=O) groups is 1. The molecule has 1 amide bonds. The van der Waals surface area contributed by atoms with E-state index in [1.807, 2.05) is 12.1 Å². The third-order valence-corrected chi connectivity index (χ3v) is 4.97. The van der Waals surface area contributed by atoms with E-state index in [2.05, 4.69) is 35.8 Å². The van der Waals surface area contributed by atoms with Gasteiger partial charge in [-0.15, -0.1) is 18.7 Å². The molecule has 1 heterocycles. The molecule has 0 bridgehead atoms. The molecule has 146 valence electrons. The number of benzene rings is 2. The Morgan fingerprint density at radius 3 is 2.39 bits per heavy atom. The van der Waals surface area contributed by atoms with Crippen molar-refractivity contribution in [1.29, 1.82) is 0 Å². The van der Waals surface area contributed by atoms with Crippen LogP contribution in [0.3, 0.4) is 0 Å². The molecule has 0 N–H and O–H groups in total. The van der Waals surface area contributed by atoms with E-state index in [9.17, 15) is 18.0 Å². The van der Waals surface area contributed by atoms with Crippen LogP contribution in [-0.2, 0) is 13.1 Å². The first-order valence-corrected chi connectivity index (χ1v) is 12.3. The Kier molecular flexibility index (Phi) is 5.26. The van der Waals surface area contributed by atoms with Crippen LogP contribution in [-0.4, -0.2) is 25.2 Å². The van der Waals surface area contributed by atoms with Crippen molar-refractivity contribution in [1.82, 2.24) is 4.90 Å². The van der Waals surface area contributed by atoms with Crippen LogP contribution >= 0.6 is 0 Å². The van der Waals surface area contributed by atoms with Crippen molar-refractivity contribution in [2.45, 2.75) is 39.1 Å². The molecule has 2 aromatic carbocycles. The van der Waals surface area contributed by atoms with Gasteiger partial charge in [-0.25, -0.2) is 0 Å². The summed E-state index contributed by atoms with van der Waals surface area (Å²) < 4.78 is 40.6. The van der Waals surface area contributed by atoms with Crippen molar-refractivity contribution in [3.63, 3.8) is 0 Å². The van der Waals surface area contributed by atoms with Gasteiger partial charge in [0.25, 0.3) is 5.91 Å². The second-order valence-electron chi connectivity index (χ2n) is 7.72. The first kappa shape index (κ1) is 20.0. The van der Waals surface area contributed by atoms with Gasteiger partial charge in [-0.05, 0) is 41.5 Å². The van der Waals surface area contributed by atoms with Gasteiger partial charge in [0.15, 0.2) is 0 Å². The summed E-state index contributed by atoms with van der Waals surface area (Å²) in [6.45, 7) is 7.28. The zero-order chi connectivity index (χ0) is 20.5. The van der Waals surface area contributed by atoms with E-state index in [-0.39, 0.29) is 11.7 Å². The Morgan fingerprint density at radius 2 is 1.79 bits per heavy atom. The molecule has 0 atom stereocenters. The molecule has 1 aliphatic heterocycles. The monoisotopic (exact) mass is 403 g/mol. The van der Waals surface area contributed by atoms with Crippen molar-refractivity contribution in [2.75, 3.05) is 0 Å². The van der Waals surface area contributed by atoms with E-state index in [1.54, 1.807) is 11.0 Å². The van der Waals surface area contributed by atoms with Gasteiger partial charge in [-0.1, -0.05) is 37.7 Å². The molecular weight excluding hydrogens is 383 g/mol. The highest BCUT2D eigenvalue weighted by Gasteiger charge is 2.31. The summed E-state index contributed by atoms with van der Waals surface area (Å²) in [7, 11) is -1.48. The lowest BCUT2D eigenvalue weighted by molar-refractivity contribution is -0.274. The Hall–Kier alpha value is -2.72. The lowest BCUT2D eigenvalue weighted by Gasteiger charge is -2.16. The summed E-state index contributed by atoms with van der Waals surface area (Å²) in [5.74, 6) is 2.83. The van der Waals surface area contributed by atoms with Gasteiger partial charge in [0.1, 0.15) is 13.8 Å². The van der Waals surface area contributed by atoms with E-state index >= 15 is 0 Å². The van der Waals surface area contributed by atoms with Gasteiger partial charge in [0, 0.05) is 24.2 Å². The van der Waals surface area contributed by atoms with Crippen LogP contribution < -0.4 is 4.74 Å². The average molecular weight is 403 g/mol. The maximum atomic E-state index is 12.6. The smallest absolute Gasteiger partial charge is 0.406 e.